The summed E-state index contributed by atoms with van der Waals surface area (Å²) >= 11 is 0. The molecule has 1 saturated carbocycles. The second-order valence-corrected chi connectivity index (χ2v) is 4.27. The van der Waals surface area contributed by atoms with Gasteiger partial charge in [-0.3, -0.25) is 4.79 Å². The lowest BCUT2D eigenvalue weighted by Crippen LogP contribution is -2.03. The molecule has 0 radical (unpaired) electrons. The summed E-state index contributed by atoms with van der Waals surface area (Å²) in [6.07, 6.45) is 2.95. The van der Waals surface area contributed by atoms with Gasteiger partial charge < -0.3 is 9.84 Å². The van der Waals surface area contributed by atoms with E-state index in [1.54, 1.807) is 13.0 Å². The molecule has 1 unspecified atom stereocenters. The third-order valence-electron chi connectivity index (χ3n) is 2.90. The van der Waals surface area contributed by atoms with Gasteiger partial charge in [0.25, 0.3) is 0 Å². The Balaban J connectivity index is 2.55. The fourth-order valence-corrected chi connectivity index (χ4v) is 1.88. The lowest BCUT2D eigenvalue weighted by Gasteiger charge is -1.97. The van der Waals surface area contributed by atoms with Gasteiger partial charge >= 0.3 is 11.9 Å². The normalized spacial score (nSPS) is 27.7. The molecule has 0 aromatic heterocycles. The smallest absolute Gasteiger partial charge is 0.330 e. The molecule has 0 heterocycles. The highest BCUT2D eigenvalue weighted by molar-refractivity contribution is 5.83. The molecule has 1 rings (SSSR count). The SMILES string of the molecule is CCOC(=O)C=CC1[C@@H](C(=O)O)C1(C)C. The Morgan fingerprint density at radius 2 is 2.07 bits per heavy atom. The summed E-state index contributed by atoms with van der Waals surface area (Å²) in [6, 6.07) is 0. The Kier molecular flexibility index (Phi) is 3.17. The third kappa shape index (κ3) is 2.37. The van der Waals surface area contributed by atoms with Gasteiger partial charge in [-0.2, -0.15) is 0 Å². The van der Waals surface area contributed by atoms with Gasteiger partial charge in [0, 0.05) is 6.08 Å². The summed E-state index contributed by atoms with van der Waals surface area (Å²) in [5.41, 5.74) is -0.255. The highest BCUT2D eigenvalue weighted by Crippen LogP contribution is 2.58. The van der Waals surface area contributed by atoms with Crippen molar-refractivity contribution >= 4 is 11.9 Å². The number of carboxylic acid groups (broad SMARTS) is 1. The fourth-order valence-electron chi connectivity index (χ4n) is 1.88. The number of carboxylic acids is 1. The maximum Gasteiger partial charge on any atom is 0.330 e. The number of allylic oxidation sites excluding steroid dienone is 1. The molecule has 1 aliphatic rings. The minimum absolute atomic E-state index is 0.0700. The summed E-state index contributed by atoms with van der Waals surface area (Å²) in [4.78, 5) is 21.8. The molecule has 0 amide bonds. The third-order valence-corrected chi connectivity index (χ3v) is 2.90. The molecule has 0 aromatic carbocycles. The van der Waals surface area contributed by atoms with E-state index in [0.29, 0.717) is 6.61 Å². The van der Waals surface area contributed by atoms with Gasteiger partial charge in [-0.1, -0.05) is 19.9 Å². The van der Waals surface area contributed by atoms with Crippen LogP contribution in [0.25, 0.3) is 0 Å². The monoisotopic (exact) mass is 212 g/mol. The van der Waals surface area contributed by atoms with Gasteiger partial charge in [0.1, 0.15) is 0 Å². The Bertz CT molecular complexity index is 304. The van der Waals surface area contributed by atoms with Crippen LogP contribution in [0.4, 0.5) is 0 Å². The molecular formula is C11H16O4. The van der Waals surface area contributed by atoms with Crippen LogP contribution in [-0.4, -0.2) is 23.7 Å². The number of carbonyl (C=O) groups excluding carboxylic acids is 1. The molecule has 0 aliphatic heterocycles. The Morgan fingerprint density at radius 1 is 1.47 bits per heavy atom. The van der Waals surface area contributed by atoms with E-state index in [1.165, 1.54) is 6.08 Å². The molecule has 0 aromatic rings. The molecule has 2 atom stereocenters. The molecule has 0 spiro atoms. The number of hydrogen-bond acceptors (Lipinski definition) is 3. The molecule has 4 heteroatoms. The van der Waals surface area contributed by atoms with Crippen LogP contribution in [-0.2, 0) is 14.3 Å². The van der Waals surface area contributed by atoms with Gasteiger partial charge in [-0.25, -0.2) is 4.79 Å². The topological polar surface area (TPSA) is 63.6 Å². The minimum Gasteiger partial charge on any atom is -0.481 e. The zero-order chi connectivity index (χ0) is 11.6. The Hall–Kier alpha value is -1.32. The molecule has 0 bridgehead atoms. The van der Waals surface area contributed by atoms with Crippen LogP contribution in [0.15, 0.2) is 12.2 Å². The first-order valence-corrected chi connectivity index (χ1v) is 4.99. The maximum atomic E-state index is 11.0. The van der Waals surface area contributed by atoms with Crippen LogP contribution in [0, 0.1) is 17.3 Å². The van der Waals surface area contributed by atoms with Crippen molar-refractivity contribution in [2.75, 3.05) is 6.61 Å². The number of ether oxygens (including phenoxy) is 1. The van der Waals surface area contributed by atoms with Crippen LogP contribution >= 0.6 is 0 Å². The summed E-state index contributed by atoms with van der Waals surface area (Å²) in [6.45, 7) is 5.82. The number of carbonyl (C=O) groups is 2. The predicted molar refractivity (Wildman–Crippen MR) is 54.2 cm³/mol. The average molecular weight is 212 g/mol. The number of hydrogen-bond donors (Lipinski definition) is 1. The van der Waals surface area contributed by atoms with Crippen LogP contribution in [0.5, 0.6) is 0 Å². The van der Waals surface area contributed by atoms with E-state index < -0.39 is 11.9 Å². The second kappa shape index (κ2) is 4.04. The van der Waals surface area contributed by atoms with E-state index in [2.05, 4.69) is 0 Å². The Morgan fingerprint density at radius 3 is 2.47 bits per heavy atom. The van der Waals surface area contributed by atoms with Gasteiger partial charge in [0.2, 0.25) is 0 Å². The number of aliphatic carboxylic acids is 1. The van der Waals surface area contributed by atoms with Crippen molar-refractivity contribution in [3.8, 4) is 0 Å². The molecule has 1 aliphatic carbocycles. The first-order valence-electron chi connectivity index (χ1n) is 4.99. The van der Waals surface area contributed by atoms with E-state index in [9.17, 15) is 9.59 Å². The first-order chi connectivity index (χ1) is 6.91. The zero-order valence-electron chi connectivity index (χ0n) is 9.19. The van der Waals surface area contributed by atoms with Gasteiger partial charge in [-0.15, -0.1) is 0 Å². The van der Waals surface area contributed by atoms with E-state index >= 15 is 0 Å². The fraction of sp³-hybridized carbons (Fsp3) is 0.636. The molecular weight excluding hydrogens is 196 g/mol. The van der Waals surface area contributed by atoms with Crippen LogP contribution < -0.4 is 0 Å². The summed E-state index contributed by atoms with van der Waals surface area (Å²) < 4.78 is 4.71. The molecule has 1 N–H and O–H groups in total. The van der Waals surface area contributed by atoms with Crippen molar-refractivity contribution in [2.24, 2.45) is 17.3 Å². The van der Waals surface area contributed by atoms with Crippen LogP contribution in [0.3, 0.4) is 0 Å². The maximum absolute atomic E-state index is 11.0. The van der Waals surface area contributed by atoms with Crippen LogP contribution in [0.2, 0.25) is 0 Å². The van der Waals surface area contributed by atoms with Crippen molar-refractivity contribution in [3.05, 3.63) is 12.2 Å². The van der Waals surface area contributed by atoms with Gasteiger partial charge in [0.05, 0.1) is 12.5 Å². The van der Waals surface area contributed by atoms with Gasteiger partial charge in [-0.05, 0) is 18.3 Å². The minimum atomic E-state index is -0.807. The quantitative estimate of drug-likeness (QED) is 0.566. The lowest BCUT2D eigenvalue weighted by atomic mass is 10.1. The largest absolute Gasteiger partial charge is 0.481 e. The lowest BCUT2D eigenvalue weighted by molar-refractivity contribution is -0.140. The first kappa shape index (κ1) is 11.8. The summed E-state index contributed by atoms with van der Waals surface area (Å²) in [5.74, 6) is -1.68. The predicted octanol–water partition coefficient (Wildman–Crippen LogP) is 1.46. The van der Waals surface area contributed by atoms with E-state index in [1.807, 2.05) is 13.8 Å². The van der Waals surface area contributed by atoms with E-state index in [-0.39, 0.29) is 17.3 Å². The van der Waals surface area contributed by atoms with Crippen molar-refractivity contribution < 1.29 is 19.4 Å². The van der Waals surface area contributed by atoms with Crippen molar-refractivity contribution in [2.45, 2.75) is 20.8 Å². The summed E-state index contributed by atoms with van der Waals surface area (Å²) in [5, 5.41) is 8.88. The van der Waals surface area contributed by atoms with E-state index in [4.69, 9.17) is 9.84 Å². The zero-order valence-corrected chi connectivity index (χ0v) is 9.19. The summed E-state index contributed by atoms with van der Waals surface area (Å²) in [7, 11) is 0. The average Bonchev–Trinajstić information content (AvgIpc) is 2.65. The molecule has 4 nitrogen and oxygen atoms in total. The molecule has 0 saturated heterocycles. The second-order valence-electron chi connectivity index (χ2n) is 4.27. The molecule has 15 heavy (non-hydrogen) atoms. The Labute approximate surface area is 88.9 Å². The number of esters is 1. The van der Waals surface area contributed by atoms with E-state index in [0.717, 1.165) is 0 Å². The molecule has 1 fully saturated rings. The molecule has 84 valence electrons. The van der Waals surface area contributed by atoms with Crippen molar-refractivity contribution in [1.82, 2.24) is 0 Å². The number of rotatable bonds is 4. The van der Waals surface area contributed by atoms with Gasteiger partial charge in [0.15, 0.2) is 0 Å². The standard InChI is InChI=1S/C11H16O4/c1-4-15-8(12)6-5-7-9(10(13)14)11(7,2)3/h5-7,9H,4H2,1-3H3,(H,13,14)/t7?,9-/m0/s1. The van der Waals surface area contributed by atoms with Crippen LogP contribution in [0.1, 0.15) is 20.8 Å². The highest BCUT2D eigenvalue weighted by atomic mass is 16.5. The van der Waals surface area contributed by atoms with Crippen molar-refractivity contribution in [1.29, 1.82) is 0 Å². The van der Waals surface area contributed by atoms with Crippen molar-refractivity contribution in [3.63, 3.8) is 0 Å². The highest BCUT2D eigenvalue weighted by Gasteiger charge is 2.60.